The first-order chi connectivity index (χ1) is 21.8. The number of thiophene rings is 1. The number of hydrogen-bond acceptors (Lipinski definition) is 8. The Labute approximate surface area is 267 Å². The van der Waals surface area contributed by atoms with Crippen LogP contribution in [0.25, 0.3) is 22.3 Å². The number of sulfonamides is 1. The van der Waals surface area contributed by atoms with Crippen LogP contribution in [-0.4, -0.2) is 60.4 Å². The highest BCUT2D eigenvalue weighted by Gasteiger charge is 2.44. The van der Waals surface area contributed by atoms with Crippen molar-refractivity contribution in [3.8, 4) is 11.1 Å². The molecule has 2 fully saturated rings. The van der Waals surface area contributed by atoms with Gasteiger partial charge in [0.1, 0.15) is 21.7 Å². The van der Waals surface area contributed by atoms with Crippen LogP contribution in [0.15, 0.2) is 70.9 Å². The summed E-state index contributed by atoms with van der Waals surface area (Å²) < 4.78 is 44.3. The van der Waals surface area contributed by atoms with Gasteiger partial charge in [0.15, 0.2) is 11.9 Å². The number of fused-ring (bicyclic) bond motifs is 1. The van der Waals surface area contributed by atoms with E-state index in [9.17, 15) is 8.42 Å². The Balaban J connectivity index is 1.18. The van der Waals surface area contributed by atoms with Crippen LogP contribution in [0.4, 0.5) is 0 Å². The third-order valence-electron chi connectivity index (χ3n) is 8.39. The number of epoxide rings is 1. The number of nitrogens with zero attached hydrogens (tertiary/aromatic N) is 4. The molecule has 0 amide bonds. The Morgan fingerprint density at radius 1 is 0.978 bits per heavy atom. The van der Waals surface area contributed by atoms with Crippen molar-refractivity contribution in [1.29, 1.82) is 0 Å². The van der Waals surface area contributed by atoms with E-state index in [1.807, 2.05) is 55.5 Å². The molecule has 2 aliphatic rings. The van der Waals surface area contributed by atoms with E-state index in [0.29, 0.717) is 36.1 Å². The molecule has 1 N–H and O–H groups in total. The maximum Gasteiger partial charge on any atom is 0.252 e. The molecular formula is C34H37N5O4S2. The van der Waals surface area contributed by atoms with Gasteiger partial charge in [-0.2, -0.15) is 4.72 Å². The maximum atomic E-state index is 13.9. The molecule has 2 saturated heterocycles. The summed E-state index contributed by atoms with van der Waals surface area (Å²) in [7, 11) is -3.85. The number of nitrogens with one attached hydrogen (secondary N) is 1. The monoisotopic (exact) mass is 643 g/mol. The molecule has 2 atom stereocenters. The van der Waals surface area contributed by atoms with Gasteiger partial charge in [0.25, 0.3) is 10.0 Å². The lowest BCUT2D eigenvalue weighted by molar-refractivity contribution is 0.0346. The molecule has 5 aromatic rings. The summed E-state index contributed by atoms with van der Waals surface area (Å²) in [5.74, 6) is 0.997. The Hall–Kier alpha value is -3.45. The lowest BCUT2D eigenvalue weighted by Gasteiger charge is -2.25. The molecule has 0 radical (unpaired) electrons. The molecule has 0 saturated carbocycles. The lowest BCUT2D eigenvalue weighted by Crippen LogP contribution is -2.35. The topological polar surface area (TPSA) is 102 Å². The number of pyridine rings is 1. The van der Waals surface area contributed by atoms with Gasteiger partial charge in [-0.1, -0.05) is 61.5 Å². The Kier molecular flexibility index (Phi) is 8.32. The SMILES string of the molecule is CCc1nc2c(C)cc(C)nc2n1Cc1ccc(-c2cc(CN3CCOCC3)sc2S(=O)(=O)NC2OC2c2ccccc2)cc1. The smallest absolute Gasteiger partial charge is 0.252 e. The largest absolute Gasteiger partial charge is 0.379 e. The third-order valence-corrected chi connectivity index (χ3v) is 11.5. The molecule has 9 nitrogen and oxygen atoms in total. The number of morpholine rings is 1. The fourth-order valence-corrected chi connectivity index (χ4v) is 8.95. The molecule has 2 aliphatic heterocycles. The highest BCUT2D eigenvalue weighted by atomic mass is 32.2. The number of ether oxygens (including phenoxy) is 2. The van der Waals surface area contributed by atoms with E-state index >= 15 is 0 Å². The van der Waals surface area contributed by atoms with Crippen molar-refractivity contribution >= 4 is 32.5 Å². The van der Waals surface area contributed by atoms with Gasteiger partial charge in [0, 0.05) is 42.2 Å². The molecule has 0 bridgehead atoms. The van der Waals surface area contributed by atoms with E-state index in [-0.39, 0.29) is 6.10 Å². The average molecular weight is 644 g/mol. The predicted molar refractivity (Wildman–Crippen MR) is 176 cm³/mol. The first kappa shape index (κ1) is 30.2. The molecule has 2 aromatic carbocycles. The van der Waals surface area contributed by atoms with Crippen molar-refractivity contribution in [2.45, 2.75) is 56.8 Å². The number of imidazole rings is 1. The van der Waals surface area contributed by atoms with Crippen LogP contribution in [-0.2, 0) is 39.0 Å². The van der Waals surface area contributed by atoms with E-state index < -0.39 is 16.3 Å². The van der Waals surface area contributed by atoms with Crippen molar-refractivity contribution in [3.63, 3.8) is 0 Å². The zero-order chi connectivity index (χ0) is 31.1. The molecule has 3 aromatic heterocycles. The van der Waals surface area contributed by atoms with Crippen LogP contribution in [0.1, 0.15) is 46.1 Å². The number of aryl methyl sites for hydroxylation is 3. The highest BCUT2D eigenvalue weighted by molar-refractivity contribution is 7.91. The molecule has 7 rings (SSSR count). The Bertz CT molecular complexity index is 1930. The number of benzene rings is 2. The van der Waals surface area contributed by atoms with Crippen LogP contribution in [0.3, 0.4) is 0 Å². The van der Waals surface area contributed by atoms with Crippen LogP contribution >= 0.6 is 11.3 Å². The Morgan fingerprint density at radius 3 is 2.47 bits per heavy atom. The minimum Gasteiger partial charge on any atom is -0.379 e. The number of hydrogen-bond donors (Lipinski definition) is 1. The summed E-state index contributed by atoms with van der Waals surface area (Å²) >= 11 is 1.33. The molecule has 45 heavy (non-hydrogen) atoms. The van der Waals surface area contributed by atoms with Crippen molar-refractivity contribution in [3.05, 3.63) is 99.8 Å². The summed E-state index contributed by atoms with van der Waals surface area (Å²) in [5.41, 5.74) is 7.55. The summed E-state index contributed by atoms with van der Waals surface area (Å²) in [5, 5.41) is 0. The van der Waals surface area contributed by atoms with Gasteiger partial charge in [-0.25, -0.2) is 18.4 Å². The van der Waals surface area contributed by atoms with Crippen LogP contribution < -0.4 is 4.72 Å². The standard InChI is InChI=1S/C34H37N5O4S2/c1-4-29-36-30-22(2)18-23(3)35-32(30)39(29)20-24-10-12-25(13-11-24)28-19-27(21-38-14-16-42-17-15-38)44-34(28)45(40,41)37-33-31(43-33)26-8-6-5-7-9-26/h5-13,18-19,31,33,37H,4,14-17,20-21H2,1-3H3. The fraction of sp³-hybridized carbons (Fsp3) is 0.353. The third kappa shape index (κ3) is 6.33. The molecule has 0 aliphatic carbocycles. The van der Waals surface area contributed by atoms with E-state index in [1.54, 1.807) is 0 Å². The van der Waals surface area contributed by atoms with Gasteiger partial charge in [-0.15, -0.1) is 11.3 Å². The van der Waals surface area contributed by atoms with E-state index in [1.165, 1.54) is 11.3 Å². The molecule has 5 heterocycles. The number of rotatable bonds is 10. The van der Waals surface area contributed by atoms with Gasteiger partial charge >= 0.3 is 0 Å². The summed E-state index contributed by atoms with van der Waals surface area (Å²) in [6.45, 7) is 10.5. The predicted octanol–water partition coefficient (Wildman–Crippen LogP) is 5.60. The zero-order valence-electron chi connectivity index (χ0n) is 25.7. The van der Waals surface area contributed by atoms with Crippen LogP contribution in [0.5, 0.6) is 0 Å². The van der Waals surface area contributed by atoms with Crippen molar-refractivity contribution in [1.82, 2.24) is 24.2 Å². The van der Waals surface area contributed by atoms with Crippen molar-refractivity contribution in [2.24, 2.45) is 0 Å². The molecule has 11 heteroatoms. The first-order valence-corrected chi connectivity index (χ1v) is 17.7. The second-order valence-corrected chi connectivity index (χ2v) is 14.8. The van der Waals surface area contributed by atoms with E-state index in [0.717, 1.165) is 69.3 Å². The Morgan fingerprint density at radius 2 is 1.73 bits per heavy atom. The molecule has 0 spiro atoms. The minimum absolute atomic E-state index is 0.286. The summed E-state index contributed by atoms with van der Waals surface area (Å²) in [4.78, 5) is 13.0. The number of aromatic nitrogens is 3. The normalized spacial score (nSPS) is 18.9. The van der Waals surface area contributed by atoms with Gasteiger partial charge in [0.2, 0.25) is 0 Å². The van der Waals surface area contributed by atoms with E-state index in [2.05, 4.69) is 46.2 Å². The summed E-state index contributed by atoms with van der Waals surface area (Å²) in [6, 6.07) is 22.0. The van der Waals surface area contributed by atoms with E-state index in [4.69, 9.17) is 19.4 Å². The van der Waals surface area contributed by atoms with Crippen molar-refractivity contribution < 1.29 is 17.9 Å². The van der Waals surface area contributed by atoms with Gasteiger partial charge < -0.3 is 14.0 Å². The van der Waals surface area contributed by atoms with Gasteiger partial charge in [0.05, 0.1) is 19.8 Å². The van der Waals surface area contributed by atoms with Crippen molar-refractivity contribution in [2.75, 3.05) is 26.3 Å². The molecule has 2 unspecified atom stereocenters. The zero-order valence-corrected chi connectivity index (χ0v) is 27.3. The van der Waals surface area contributed by atoms with Crippen LogP contribution in [0, 0.1) is 13.8 Å². The lowest BCUT2D eigenvalue weighted by atomic mass is 10.1. The highest BCUT2D eigenvalue weighted by Crippen LogP contribution is 2.41. The minimum atomic E-state index is -3.85. The molecule has 234 valence electrons. The summed E-state index contributed by atoms with van der Waals surface area (Å²) in [6.07, 6.45) is -0.0699. The molecular weight excluding hydrogens is 607 g/mol. The van der Waals surface area contributed by atoms with Crippen LogP contribution in [0.2, 0.25) is 0 Å². The average Bonchev–Trinajstić information content (AvgIpc) is 3.50. The fourth-order valence-electron chi connectivity index (χ4n) is 6.04. The maximum absolute atomic E-state index is 13.9. The second kappa shape index (κ2) is 12.4. The first-order valence-electron chi connectivity index (χ1n) is 15.4. The van der Waals surface area contributed by atoms with Gasteiger partial charge in [-0.3, -0.25) is 4.90 Å². The second-order valence-electron chi connectivity index (χ2n) is 11.7. The van der Waals surface area contributed by atoms with Gasteiger partial charge in [-0.05, 0) is 48.2 Å². The quantitative estimate of drug-likeness (QED) is 0.198.